The molecule has 226 valence electrons. The van der Waals surface area contributed by atoms with Gasteiger partial charge in [0.1, 0.15) is 30.2 Å². The van der Waals surface area contributed by atoms with Crippen LogP contribution in [-0.2, 0) is 18.9 Å². The summed E-state index contributed by atoms with van der Waals surface area (Å²) >= 11 is 0. The number of furan rings is 1. The average Bonchev–Trinajstić information content (AvgIpc) is 3.59. The molecule has 0 amide bonds. The fourth-order valence-electron chi connectivity index (χ4n) is 7.61. The second-order valence-corrected chi connectivity index (χ2v) is 12.6. The third kappa shape index (κ3) is 4.46. The molecule has 10 heteroatoms. The van der Waals surface area contributed by atoms with Crippen LogP contribution in [0.5, 0.6) is 0 Å². The molecule has 1 spiro atoms. The Hall–Kier alpha value is -4.02. The van der Waals surface area contributed by atoms with Gasteiger partial charge in [0.2, 0.25) is 0 Å². The summed E-state index contributed by atoms with van der Waals surface area (Å²) in [6.45, 7) is 7.18. The van der Waals surface area contributed by atoms with Crippen molar-refractivity contribution < 1.29 is 42.9 Å². The topological polar surface area (TPSA) is 134 Å². The molecule has 1 aliphatic heterocycles. The van der Waals surface area contributed by atoms with Crippen LogP contribution in [0.4, 0.5) is 0 Å². The normalized spacial score (nSPS) is 34.1. The van der Waals surface area contributed by atoms with E-state index in [1.807, 2.05) is 13.8 Å². The van der Waals surface area contributed by atoms with E-state index in [0.717, 1.165) is 0 Å². The molecule has 7 atom stereocenters. The van der Waals surface area contributed by atoms with E-state index in [1.54, 1.807) is 62.5 Å². The number of hydrogen-bond donors (Lipinski definition) is 1. The Kier molecular flexibility index (Phi) is 6.97. The van der Waals surface area contributed by atoms with E-state index in [-0.39, 0.29) is 30.4 Å². The van der Waals surface area contributed by atoms with E-state index in [0.29, 0.717) is 5.56 Å². The summed E-state index contributed by atoms with van der Waals surface area (Å²) in [5.41, 5.74) is -4.68. The molecule has 2 aromatic heterocycles. The van der Waals surface area contributed by atoms with Crippen molar-refractivity contribution in [1.29, 1.82) is 0 Å². The first-order chi connectivity index (χ1) is 20.4. The van der Waals surface area contributed by atoms with Gasteiger partial charge in [-0.2, -0.15) is 0 Å². The molecule has 0 unspecified atom stereocenters. The highest BCUT2D eigenvalue weighted by molar-refractivity contribution is 5.90. The predicted molar refractivity (Wildman–Crippen MR) is 151 cm³/mol. The molecule has 2 aliphatic carbocycles. The maximum absolute atomic E-state index is 13.5. The van der Waals surface area contributed by atoms with Gasteiger partial charge in [-0.15, -0.1) is 0 Å². The number of aliphatic hydroxyl groups is 1. The molecule has 1 N–H and O–H groups in total. The molecular weight excluding hydrogens is 554 g/mol. The quantitative estimate of drug-likeness (QED) is 0.316. The number of hydrogen-bond acceptors (Lipinski definition) is 10. The van der Waals surface area contributed by atoms with Gasteiger partial charge in [-0.1, -0.05) is 18.2 Å². The number of esters is 3. The molecule has 0 radical (unpaired) electrons. The second-order valence-electron chi connectivity index (χ2n) is 12.6. The van der Waals surface area contributed by atoms with Gasteiger partial charge in [-0.25, -0.2) is 14.4 Å². The Bertz CT molecular complexity index is 1500. The van der Waals surface area contributed by atoms with Crippen molar-refractivity contribution in [2.24, 2.45) is 11.3 Å². The number of carbonyl (C=O) groups excluding carboxylic acids is 3. The van der Waals surface area contributed by atoms with Crippen LogP contribution in [0.25, 0.3) is 0 Å². The van der Waals surface area contributed by atoms with Crippen LogP contribution in [0.15, 0.2) is 77.9 Å². The first-order valence-electron chi connectivity index (χ1n) is 14.4. The molecule has 2 bridgehead atoms. The van der Waals surface area contributed by atoms with Gasteiger partial charge in [-0.3, -0.25) is 4.98 Å². The minimum absolute atomic E-state index is 0.162. The van der Waals surface area contributed by atoms with Gasteiger partial charge >= 0.3 is 17.9 Å². The van der Waals surface area contributed by atoms with E-state index in [9.17, 15) is 19.5 Å². The highest BCUT2D eigenvalue weighted by atomic mass is 16.6. The maximum atomic E-state index is 13.5. The number of rotatable bonds is 6. The molecule has 10 nitrogen and oxygen atoms in total. The molecule has 3 fully saturated rings. The van der Waals surface area contributed by atoms with Crippen LogP contribution in [0.1, 0.15) is 78.0 Å². The zero-order chi connectivity index (χ0) is 30.6. The Morgan fingerprint density at radius 3 is 2.21 bits per heavy atom. The molecule has 43 heavy (non-hydrogen) atoms. The van der Waals surface area contributed by atoms with E-state index in [2.05, 4.69) is 4.98 Å². The summed E-state index contributed by atoms with van der Waals surface area (Å²) in [6, 6.07) is 13.3. The van der Waals surface area contributed by atoms with Gasteiger partial charge in [0, 0.05) is 18.3 Å². The zero-order valence-electron chi connectivity index (χ0n) is 24.5. The van der Waals surface area contributed by atoms with Crippen molar-refractivity contribution in [3.63, 3.8) is 0 Å². The molecule has 3 heterocycles. The third-order valence-corrected chi connectivity index (χ3v) is 9.78. The predicted octanol–water partition coefficient (Wildman–Crippen LogP) is 4.77. The van der Waals surface area contributed by atoms with Crippen molar-refractivity contribution in [2.75, 3.05) is 0 Å². The van der Waals surface area contributed by atoms with Gasteiger partial charge in [0.05, 0.1) is 39.6 Å². The number of pyridine rings is 1. The fourth-order valence-corrected chi connectivity index (χ4v) is 7.61. The highest BCUT2D eigenvalue weighted by Crippen LogP contribution is 2.68. The van der Waals surface area contributed by atoms with E-state index in [1.165, 1.54) is 24.8 Å². The number of nitrogens with zero attached hydrogens (tertiary/aromatic N) is 1. The smallest absolute Gasteiger partial charge is 0.341 e. The van der Waals surface area contributed by atoms with Crippen molar-refractivity contribution in [3.05, 3.63) is 90.1 Å². The molecule has 1 aromatic carbocycles. The standard InChI is InChI=1S/C33H35NO9/c1-30(2)23-17-25(41-27(35)20-9-6-5-7-10-20)32(4)24(40-29(37)22-13-16-39-19-22)12-14-31(3,38)33(32,43-30)26(23)42-28(36)21-11-8-15-34-18-21/h5-11,13,15-16,18-19,23-26,38H,12,14,17H2,1-4H3/t23-,24+,25+,26-,31+,32+,33+/m1/s1. The van der Waals surface area contributed by atoms with E-state index >= 15 is 0 Å². The fraction of sp³-hybridized carbons (Fsp3) is 0.455. The first kappa shape index (κ1) is 29.1. The summed E-state index contributed by atoms with van der Waals surface area (Å²) in [5.74, 6) is -2.30. The van der Waals surface area contributed by atoms with Crippen molar-refractivity contribution >= 4 is 17.9 Å². The Morgan fingerprint density at radius 1 is 0.860 bits per heavy atom. The lowest BCUT2D eigenvalue weighted by Gasteiger charge is -2.64. The lowest BCUT2D eigenvalue weighted by atomic mass is 9.47. The van der Waals surface area contributed by atoms with Crippen molar-refractivity contribution in [2.45, 2.75) is 82.1 Å². The summed E-state index contributed by atoms with van der Waals surface area (Å²) in [5, 5.41) is 12.3. The average molecular weight is 590 g/mol. The van der Waals surface area contributed by atoms with Gasteiger partial charge in [0.15, 0.2) is 0 Å². The highest BCUT2D eigenvalue weighted by Gasteiger charge is 2.82. The summed E-state index contributed by atoms with van der Waals surface area (Å²) < 4.78 is 30.7. The number of fused-ring (bicyclic) bond motifs is 1. The summed E-state index contributed by atoms with van der Waals surface area (Å²) in [6.07, 6.45) is 3.51. The van der Waals surface area contributed by atoms with Crippen LogP contribution in [0, 0.1) is 11.3 Å². The van der Waals surface area contributed by atoms with E-state index in [4.69, 9.17) is 23.4 Å². The van der Waals surface area contributed by atoms with Crippen molar-refractivity contribution in [3.8, 4) is 0 Å². The number of ether oxygens (including phenoxy) is 4. The van der Waals surface area contributed by atoms with Crippen LogP contribution >= 0.6 is 0 Å². The lowest BCUT2D eigenvalue weighted by Crippen LogP contribution is -2.79. The van der Waals surface area contributed by atoms with Crippen LogP contribution in [0.2, 0.25) is 0 Å². The first-order valence-corrected chi connectivity index (χ1v) is 14.4. The minimum Gasteiger partial charge on any atom is -0.472 e. The lowest BCUT2D eigenvalue weighted by molar-refractivity contribution is -0.324. The summed E-state index contributed by atoms with van der Waals surface area (Å²) in [4.78, 5) is 44.3. The Labute approximate surface area is 249 Å². The van der Waals surface area contributed by atoms with Crippen LogP contribution in [-0.4, -0.2) is 63.1 Å². The number of aromatic nitrogens is 1. The van der Waals surface area contributed by atoms with Crippen LogP contribution < -0.4 is 0 Å². The Morgan fingerprint density at radius 2 is 1.53 bits per heavy atom. The SMILES string of the molecule is CC1(C)O[C@]23[C@H](OC(=O)c4cccnc4)[C@H]1C[C@H](OC(=O)c1ccccc1)[C@]2(C)[C@@H](OC(=O)c1ccoc1)CC[C@]3(C)O. The third-order valence-electron chi connectivity index (χ3n) is 9.78. The molecule has 6 rings (SSSR count). The molecule has 3 aliphatic rings. The van der Waals surface area contributed by atoms with E-state index < -0.39 is 64.4 Å². The minimum atomic E-state index is -1.63. The second kappa shape index (κ2) is 10.3. The monoisotopic (exact) mass is 589 g/mol. The Balaban J connectivity index is 1.47. The zero-order valence-corrected chi connectivity index (χ0v) is 24.5. The molecule has 3 aromatic rings. The van der Waals surface area contributed by atoms with Gasteiger partial charge in [0.25, 0.3) is 0 Å². The summed E-state index contributed by atoms with van der Waals surface area (Å²) in [7, 11) is 0. The molecule has 2 saturated carbocycles. The maximum Gasteiger partial charge on any atom is 0.341 e. The molecule has 1 saturated heterocycles. The number of benzene rings is 1. The van der Waals surface area contributed by atoms with Crippen LogP contribution in [0.3, 0.4) is 0 Å². The number of carbonyl (C=O) groups is 3. The largest absolute Gasteiger partial charge is 0.472 e. The molecular formula is C33H35NO9. The van der Waals surface area contributed by atoms with Gasteiger partial charge in [-0.05, 0) is 77.3 Å². The van der Waals surface area contributed by atoms with Gasteiger partial charge < -0.3 is 28.5 Å². The van der Waals surface area contributed by atoms with Crippen molar-refractivity contribution in [1.82, 2.24) is 4.98 Å².